The predicted octanol–water partition coefficient (Wildman–Crippen LogP) is 5.84. The second-order valence-corrected chi connectivity index (χ2v) is 7.88. The quantitative estimate of drug-likeness (QED) is 0.288. The Hall–Kier alpha value is -4.37. The number of aromatic nitrogens is 2. The van der Waals surface area contributed by atoms with Gasteiger partial charge in [0.05, 0.1) is 37.6 Å². The average Bonchev–Trinajstić information content (AvgIpc) is 2.89. The molecule has 1 heterocycles. The van der Waals surface area contributed by atoms with Crippen molar-refractivity contribution in [2.24, 2.45) is 0 Å². The summed E-state index contributed by atoms with van der Waals surface area (Å²) in [5.74, 6) is 1.17. The number of nitrogens with zero attached hydrogens (tertiary/aromatic N) is 2. The molecule has 4 aromatic rings. The molecule has 0 unspecified atom stereocenters. The molecule has 0 spiro atoms. The van der Waals surface area contributed by atoms with Crippen molar-refractivity contribution in [2.75, 3.05) is 32.0 Å². The lowest BCUT2D eigenvalue weighted by atomic mass is 10.1. The summed E-state index contributed by atoms with van der Waals surface area (Å²) >= 11 is 5.90. The molecule has 0 saturated carbocycles. The van der Waals surface area contributed by atoms with Crippen LogP contribution in [0.2, 0.25) is 5.02 Å². The Labute approximate surface area is 211 Å². The topological polar surface area (TPSA) is 94.6 Å². The molecule has 0 aliphatic heterocycles. The molecule has 0 fully saturated rings. The largest absolute Gasteiger partial charge is 0.497 e. The summed E-state index contributed by atoms with van der Waals surface area (Å²) < 4.78 is 29.6. The van der Waals surface area contributed by atoms with Gasteiger partial charge in [-0.05, 0) is 48.5 Å². The van der Waals surface area contributed by atoms with Gasteiger partial charge in [0.1, 0.15) is 35.2 Å². The molecular weight excluding hydrogens is 487 g/mol. The lowest BCUT2D eigenvalue weighted by Crippen LogP contribution is -2.09. The second-order valence-electron chi connectivity index (χ2n) is 7.48. The molecule has 0 atom stereocenters. The maximum absolute atomic E-state index is 13.5. The van der Waals surface area contributed by atoms with E-state index in [2.05, 4.69) is 20.6 Å². The lowest BCUT2D eigenvalue weighted by Gasteiger charge is -2.13. The number of anilines is 3. The highest BCUT2D eigenvalue weighted by Gasteiger charge is 2.13. The molecule has 8 nitrogen and oxygen atoms in total. The SMILES string of the molecule is COc1ccc(OC)c(/C=C/C(=O)Nc2cc3c(Nc4ccc(F)c(Cl)c4)ncnc3cc2OC)c1. The van der Waals surface area contributed by atoms with Gasteiger partial charge in [-0.15, -0.1) is 0 Å². The number of rotatable bonds is 8. The molecule has 0 aliphatic carbocycles. The number of methoxy groups -OCH3 is 3. The van der Waals surface area contributed by atoms with Crippen molar-refractivity contribution in [2.45, 2.75) is 0 Å². The van der Waals surface area contributed by atoms with E-state index in [4.69, 9.17) is 25.8 Å². The number of amides is 1. The van der Waals surface area contributed by atoms with Crippen LogP contribution in [0, 0.1) is 5.82 Å². The van der Waals surface area contributed by atoms with Crippen molar-refractivity contribution in [1.29, 1.82) is 0 Å². The van der Waals surface area contributed by atoms with Crippen LogP contribution < -0.4 is 24.8 Å². The first-order valence-corrected chi connectivity index (χ1v) is 11.1. The number of halogens is 2. The first-order chi connectivity index (χ1) is 17.4. The van der Waals surface area contributed by atoms with Crippen LogP contribution in [0.25, 0.3) is 17.0 Å². The first kappa shape index (κ1) is 24.7. The highest BCUT2D eigenvalue weighted by molar-refractivity contribution is 6.31. The Bertz CT molecular complexity index is 1460. The Morgan fingerprint density at radius 2 is 1.78 bits per heavy atom. The van der Waals surface area contributed by atoms with E-state index in [1.807, 2.05) is 0 Å². The van der Waals surface area contributed by atoms with Gasteiger partial charge < -0.3 is 24.8 Å². The van der Waals surface area contributed by atoms with Gasteiger partial charge in [-0.2, -0.15) is 0 Å². The lowest BCUT2D eigenvalue weighted by molar-refractivity contribution is -0.111. The molecule has 3 aromatic carbocycles. The van der Waals surface area contributed by atoms with E-state index in [1.54, 1.807) is 56.7 Å². The van der Waals surface area contributed by atoms with Crippen LogP contribution >= 0.6 is 11.6 Å². The highest BCUT2D eigenvalue weighted by Crippen LogP contribution is 2.34. The molecule has 0 bridgehead atoms. The summed E-state index contributed by atoms with van der Waals surface area (Å²) in [6, 6.07) is 12.9. The molecule has 4 rings (SSSR count). The minimum atomic E-state index is -0.524. The number of carbonyl (C=O) groups excluding carboxylic acids is 1. The van der Waals surface area contributed by atoms with Crippen LogP contribution in [0.1, 0.15) is 5.56 Å². The van der Waals surface area contributed by atoms with E-state index in [1.165, 1.54) is 31.6 Å². The molecule has 10 heteroatoms. The number of hydrogen-bond donors (Lipinski definition) is 2. The Balaban J connectivity index is 1.63. The third-order valence-electron chi connectivity index (χ3n) is 5.25. The third kappa shape index (κ3) is 5.47. The molecule has 1 aromatic heterocycles. The third-order valence-corrected chi connectivity index (χ3v) is 5.54. The van der Waals surface area contributed by atoms with Crippen molar-refractivity contribution in [3.05, 3.63) is 77.3 Å². The number of nitrogens with one attached hydrogen (secondary N) is 2. The van der Waals surface area contributed by atoms with E-state index in [0.717, 1.165) is 0 Å². The molecule has 36 heavy (non-hydrogen) atoms. The minimum absolute atomic E-state index is 0.0209. The van der Waals surface area contributed by atoms with Crippen molar-refractivity contribution in [1.82, 2.24) is 9.97 Å². The van der Waals surface area contributed by atoms with E-state index in [9.17, 15) is 9.18 Å². The smallest absolute Gasteiger partial charge is 0.248 e. The van der Waals surface area contributed by atoms with Crippen molar-refractivity contribution >= 4 is 51.7 Å². The fraction of sp³-hybridized carbons (Fsp3) is 0.115. The Kier molecular flexibility index (Phi) is 7.50. The van der Waals surface area contributed by atoms with Gasteiger partial charge in [-0.1, -0.05) is 11.6 Å². The number of ether oxygens (including phenoxy) is 3. The molecule has 184 valence electrons. The second kappa shape index (κ2) is 10.9. The van der Waals surface area contributed by atoms with Crippen LogP contribution in [0.5, 0.6) is 17.2 Å². The molecule has 0 aliphatic rings. The fourth-order valence-electron chi connectivity index (χ4n) is 3.47. The summed E-state index contributed by atoms with van der Waals surface area (Å²) in [6.07, 6.45) is 4.39. The maximum atomic E-state index is 13.5. The van der Waals surface area contributed by atoms with E-state index >= 15 is 0 Å². The molecular formula is C26H22ClFN4O4. The van der Waals surface area contributed by atoms with Crippen molar-refractivity contribution in [3.8, 4) is 17.2 Å². The van der Waals surface area contributed by atoms with Gasteiger partial charge >= 0.3 is 0 Å². The van der Waals surface area contributed by atoms with Crippen molar-refractivity contribution in [3.63, 3.8) is 0 Å². The Morgan fingerprint density at radius 3 is 2.50 bits per heavy atom. The van der Waals surface area contributed by atoms with Gasteiger partial charge in [-0.3, -0.25) is 4.79 Å². The van der Waals surface area contributed by atoms with Gasteiger partial charge in [0.25, 0.3) is 0 Å². The van der Waals surface area contributed by atoms with Crippen LogP contribution in [0.15, 0.2) is 60.9 Å². The first-order valence-electron chi connectivity index (χ1n) is 10.7. The average molecular weight is 509 g/mol. The van der Waals surface area contributed by atoms with Crippen LogP contribution in [0.3, 0.4) is 0 Å². The zero-order valence-corrected chi connectivity index (χ0v) is 20.4. The van der Waals surface area contributed by atoms with Crippen molar-refractivity contribution < 1.29 is 23.4 Å². The molecule has 0 saturated heterocycles. The summed E-state index contributed by atoms with van der Waals surface area (Å²) in [5, 5.41) is 6.51. The van der Waals surface area contributed by atoms with Gasteiger partial charge in [0.15, 0.2) is 0 Å². The summed E-state index contributed by atoms with van der Waals surface area (Å²) in [5.41, 5.74) is 2.20. The standard InChI is InChI=1S/C26H22ClFN4O4/c1-34-17-6-8-23(35-2)15(10-17)4-9-25(33)32-22-12-18-21(13-24(22)36-3)29-14-30-26(18)31-16-5-7-20(28)19(27)11-16/h4-14H,1-3H3,(H,32,33)(H,29,30,31)/b9-4+. The number of fused-ring (bicyclic) bond motifs is 1. The van der Waals surface area contributed by atoms with E-state index in [0.29, 0.717) is 50.9 Å². The van der Waals surface area contributed by atoms with Gasteiger partial charge in [0.2, 0.25) is 5.91 Å². The maximum Gasteiger partial charge on any atom is 0.248 e. The van der Waals surface area contributed by atoms with E-state index < -0.39 is 11.7 Å². The molecule has 0 radical (unpaired) electrons. The number of hydrogen-bond acceptors (Lipinski definition) is 7. The normalized spacial score (nSPS) is 10.9. The van der Waals surface area contributed by atoms with Gasteiger partial charge in [-0.25, -0.2) is 14.4 Å². The van der Waals surface area contributed by atoms with Gasteiger partial charge in [0, 0.05) is 28.8 Å². The van der Waals surface area contributed by atoms with Crippen LogP contribution in [0.4, 0.5) is 21.6 Å². The molecule has 2 N–H and O–H groups in total. The zero-order chi connectivity index (χ0) is 25.7. The summed E-state index contributed by atoms with van der Waals surface area (Å²) in [4.78, 5) is 21.3. The van der Waals surface area contributed by atoms with Crippen LogP contribution in [-0.2, 0) is 4.79 Å². The number of carbonyl (C=O) groups is 1. The summed E-state index contributed by atoms with van der Waals surface area (Å²) in [7, 11) is 4.60. The van der Waals surface area contributed by atoms with Crippen LogP contribution in [-0.4, -0.2) is 37.2 Å². The highest BCUT2D eigenvalue weighted by atomic mass is 35.5. The minimum Gasteiger partial charge on any atom is -0.497 e. The monoisotopic (exact) mass is 508 g/mol. The van der Waals surface area contributed by atoms with E-state index in [-0.39, 0.29) is 5.02 Å². The summed E-state index contributed by atoms with van der Waals surface area (Å²) in [6.45, 7) is 0. The molecule has 1 amide bonds. The Morgan fingerprint density at radius 1 is 0.972 bits per heavy atom. The predicted molar refractivity (Wildman–Crippen MR) is 138 cm³/mol. The number of benzene rings is 3. The fourth-order valence-corrected chi connectivity index (χ4v) is 3.65. The zero-order valence-electron chi connectivity index (χ0n) is 19.6.